The van der Waals surface area contributed by atoms with E-state index in [-0.39, 0.29) is 28.0 Å². The Labute approximate surface area is 169 Å². The number of benzene rings is 2. The van der Waals surface area contributed by atoms with Crippen LogP contribution in [-0.4, -0.2) is 31.6 Å². The zero-order valence-corrected chi connectivity index (χ0v) is 16.8. The number of nitrogens with two attached hydrogens (primary N) is 1. The van der Waals surface area contributed by atoms with Crippen molar-refractivity contribution in [2.45, 2.75) is 49.6 Å². The summed E-state index contributed by atoms with van der Waals surface area (Å²) in [7, 11) is -3.94. The van der Waals surface area contributed by atoms with E-state index < -0.39 is 22.0 Å². The number of sulfonamides is 1. The van der Waals surface area contributed by atoms with E-state index in [9.17, 15) is 22.7 Å². The van der Waals surface area contributed by atoms with Gasteiger partial charge in [0, 0.05) is 17.3 Å². The van der Waals surface area contributed by atoms with Crippen LogP contribution >= 0.6 is 0 Å². The first-order valence-electron chi connectivity index (χ1n) is 9.33. The van der Waals surface area contributed by atoms with Crippen molar-refractivity contribution in [3.63, 3.8) is 0 Å². The molecule has 3 rings (SSSR count). The van der Waals surface area contributed by atoms with Gasteiger partial charge in [0.05, 0.1) is 11.8 Å². The van der Waals surface area contributed by atoms with Crippen LogP contribution in [0.1, 0.15) is 41.6 Å². The van der Waals surface area contributed by atoms with Crippen LogP contribution in [-0.2, 0) is 10.0 Å². The Morgan fingerprint density at radius 1 is 1.14 bits per heavy atom. The molecular weight excluding hydrogens is 397 g/mol. The lowest BCUT2D eigenvalue weighted by atomic mass is 9.94. The molecule has 0 aliphatic heterocycles. The van der Waals surface area contributed by atoms with Crippen molar-refractivity contribution in [2.75, 3.05) is 11.1 Å². The second-order valence-electron chi connectivity index (χ2n) is 7.30. The molecular formula is C20H24FN3O4S. The molecule has 0 radical (unpaired) electrons. The zero-order chi connectivity index (χ0) is 21.2. The molecule has 5 N–H and O–H groups in total. The number of rotatable bonds is 5. The molecule has 1 aliphatic rings. The molecule has 0 aromatic heterocycles. The average molecular weight is 421 g/mol. The molecule has 0 saturated heterocycles. The summed E-state index contributed by atoms with van der Waals surface area (Å²) in [6, 6.07) is 7.88. The van der Waals surface area contributed by atoms with Crippen LogP contribution in [0.3, 0.4) is 0 Å². The first kappa shape index (κ1) is 21.2. The monoisotopic (exact) mass is 421 g/mol. The molecule has 1 amide bonds. The van der Waals surface area contributed by atoms with Gasteiger partial charge in [-0.15, -0.1) is 0 Å². The molecule has 9 heteroatoms. The number of nitrogens with one attached hydrogen (secondary N) is 2. The highest BCUT2D eigenvalue weighted by molar-refractivity contribution is 7.89. The second kappa shape index (κ2) is 8.48. The van der Waals surface area contributed by atoms with Gasteiger partial charge in [0.2, 0.25) is 10.0 Å². The summed E-state index contributed by atoms with van der Waals surface area (Å²) in [4.78, 5) is 12.4. The van der Waals surface area contributed by atoms with Crippen LogP contribution < -0.4 is 15.8 Å². The number of hydrogen-bond donors (Lipinski definition) is 4. The minimum absolute atomic E-state index is 0.0301. The Balaban J connectivity index is 1.79. The molecule has 0 heterocycles. The minimum Gasteiger partial charge on any atom is -0.398 e. The second-order valence-corrected chi connectivity index (χ2v) is 8.98. The molecule has 0 unspecified atom stereocenters. The zero-order valence-electron chi connectivity index (χ0n) is 16.0. The van der Waals surface area contributed by atoms with E-state index in [4.69, 9.17) is 5.73 Å². The topological polar surface area (TPSA) is 122 Å². The molecule has 156 valence electrons. The lowest BCUT2D eigenvalue weighted by molar-refractivity contribution is 0.102. The van der Waals surface area contributed by atoms with Gasteiger partial charge in [0.25, 0.3) is 5.91 Å². The van der Waals surface area contributed by atoms with Gasteiger partial charge in [-0.25, -0.2) is 17.5 Å². The van der Waals surface area contributed by atoms with Crippen molar-refractivity contribution in [1.29, 1.82) is 0 Å². The van der Waals surface area contributed by atoms with Gasteiger partial charge in [-0.2, -0.15) is 0 Å². The van der Waals surface area contributed by atoms with Crippen LogP contribution in [0.4, 0.5) is 15.8 Å². The SMILES string of the molecule is Cc1cc(NC(=O)c2ccc(N)c(S(=O)(=O)N[C@H]3CC[C@H](O)CC3)c2)ccc1F. The summed E-state index contributed by atoms with van der Waals surface area (Å²) in [6.07, 6.45) is 1.72. The van der Waals surface area contributed by atoms with Gasteiger partial charge >= 0.3 is 0 Å². The van der Waals surface area contributed by atoms with E-state index in [1.54, 1.807) is 6.92 Å². The predicted molar refractivity (Wildman–Crippen MR) is 109 cm³/mol. The first-order valence-corrected chi connectivity index (χ1v) is 10.8. The molecule has 1 saturated carbocycles. The Hall–Kier alpha value is -2.49. The summed E-state index contributed by atoms with van der Waals surface area (Å²) in [5.41, 5.74) is 6.78. The predicted octanol–water partition coefficient (Wildman–Crippen LogP) is 2.55. The number of carbonyl (C=O) groups excluding carboxylic acids is 1. The van der Waals surface area contributed by atoms with E-state index >= 15 is 0 Å². The third kappa shape index (κ3) is 5.11. The number of hydrogen-bond acceptors (Lipinski definition) is 5. The largest absolute Gasteiger partial charge is 0.398 e. The highest BCUT2D eigenvalue weighted by atomic mass is 32.2. The molecule has 1 aliphatic carbocycles. The fourth-order valence-electron chi connectivity index (χ4n) is 3.31. The van der Waals surface area contributed by atoms with E-state index in [1.807, 2.05) is 0 Å². The van der Waals surface area contributed by atoms with E-state index in [0.717, 1.165) is 0 Å². The Bertz CT molecular complexity index is 1020. The molecule has 0 spiro atoms. The number of amides is 1. The van der Waals surface area contributed by atoms with E-state index in [2.05, 4.69) is 10.0 Å². The number of carbonyl (C=O) groups is 1. The van der Waals surface area contributed by atoms with Gasteiger partial charge in [-0.3, -0.25) is 4.79 Å². The third-order valence-electron chi connectivity index (χ3n) is 5.00. The summed E-state index contributed by atoms with van der Waals surface area (Å²) in [5.74, 6) is -0.918. The van der Waals surface area contributed by atoms with Crippen molar-refractivity contribution in [2.24, 2.45) is 0 Å². The number of aliphatic hydroxyl groups is 1. The quantitative estimate of drug-likeness (QED) is 0.553. The summed E-state index contributed by atoms with van der Waals surface area (Å²) in [6.45, 7) is 1.58. The normalized spacial score (nSPS) is 19.7. The number of anilines is 2. The first-order chi connectivity index (χ1) is 13.7. The average Bonchev–Trinajstić information content (AvgIpc) is 2.66. The molecule has 29 heavy (non-hydrogen) atoms. The Morgan fingerprint density at radius 2 is 1.83 bits per heavy atom. The molecule has 2 aromatic carbocycles. The highest BCUT2D eigenvalue weighted by Gasteiger charge is 2.26. The fraction of sp³-hybridized carbons (Fsp3) is 0.350. The molecule has 1 fully saturated rings. The summed E-state index contributed by atoms with van der Waals surface area (Å²) < 4.78 is 41.6. The van der Waals surface area contributed by atoms with Crippen molar-refractivity contribution >= 4 is 27.3 Å². The number of aryl methyl sites for hydroxylation is 1. The van der Waals surface area contributed by atoms with Gasteiger partial charge < -0.3 is 16.2 Å². The maximum absolute atomic E-state index is 13.4. The van der Waals surface area contributed by atoms with Crippen LogP contribution in [0, 0.1) is 12.7 Å². The van der Waals surface area contributed by atoms with Crippen molar-refractivity contribution in [3.8, 4) is 0 Å². The maximum Gasteiger partial charge on any atom is 0.255 e. The van der Waals surface area contributed by atoms with Gasteiger partial charge in [-0.1, -0.05) is 0 Å². The van der Waals surface area contributed by atoms with Gasteiger partial charge in [-0.05, 0) is 74.6 Å². The van der Waals surface area contributed by atoms with Gasteiger partial charge in [0.1, 0.15) is 10.7 Å². The lowest BCUT2D eigenvalue weighted by Gasteiger charge is -2.26. The van der Waals surface area contributed by atoms with Gasteiger partial charge in [0.15, 0.2) is 0 Å². The highest BCUT2D eigenvalue weighted by Crippen LogP contribution is 2.24. The number of nitrogen functional groups attached to an aromatic ring is 1. The van der Waals surface area contributed by atoms with Crippen LogP contribution in [0.5, 0.6) is 0 Å². The Morgan fingerprint density at radius 3 is 2.48 bits per heavy atom. The van der Waals surface area contributed by atoms with Crippen molar-refractivity contribution in [1.82, 2.24) is 4.72 Å². The van der Waals surface area contributed by atoms with E-state index in [1.165, 1.54) is 36.4 Å². The Kier molecular flexibility index (Phi) is 6.21. The smallest absolute Gasteiger partial charge is 0.255 e. The standard InChI is InChI=1S/C20H24FN3O4S/c1-12-10-15(5-8-17(12)21)23-20(26)13-2-9-18(22)19(11-13)29(27,28)24-14-3-6-16(25)7-4-14/h2,5,8-11,14,16,24-25H,3-4,6-7,22H2,1H3,(H,23,26)/t14-,16-. The van der Waals surface area contributed by atoms with E-state index in [0.29, 0.717) is 36.9 Å². The van der Waals surface area contributed by atoms with Crippen molar-refractivity contribution in [3.05, 3.63) is 53.3 Å². The number of aliphatic hydroxyl groups excluding tert-OH is 1. The minimum atomic E-state index is -3.94. The summed E-state index contributed by atoms with van der Waals surface area (Å²) >= 11 is 0. The molecule has 2 aromatic rings. The van der Waals surface area contributed by atoms with Crippen LogP contribution in [0.15, 0.2) is 41.3 Å². The number of halogens is 1. The van der Waals surface area contributed by atoms with Crippen LogP contribution in [0.25, 0.3) is 0 Å². The molecule has 7 nitrogen and oxygen atoms in total. The lowest BCUT2D eigenvalue weighted by Crippen LogP contribution is -2.38. The van der Waals surface area contributed by atoms with Crippen LogP contribution in [0.2, 0.25) is 0 Å². The maximum atomic E-state index is 13.4. The van der Waals surface area contributed by atoms with Crippen molar-refractivity contribution < 1.29 is 22.7 Å². The fourth-order valence-corrected chi connectivity index (χ4v) is 4.77. The molecule has 0 bridgehead atoms. The summed E-state index contributed by atoms with van der Waals surface area (Å²) in [5, 5.41) is 12.2. The third-order valence-corrected chi connectivity index (χ3v) is 6.58. The molecule has 0 atom stereocenters.